The molecule has 3 aromatic rings. The van der Waals surface area contributed by atoms with Crippen molar-refractivity contribution in [1.82, 2.24) is 9.97 Å². The number of fused-ring (bicyclic) bond motifs is 1. The molecule has 114 valence electrons. The van der Waals surface area contributed by atoms with Crippen molar-refractivity contribution in [3.63, 3.8) is 0 Å². The van der Waals surface area contributed by atoms with Crippen LogP contribution in [0.15, 0.2) is 50.6 Å². The van der Waals surface area contributed by atoms with Gasteiger partial charge in [-0.15, -0.1) is 0 Å². The second-order valence-electron chi connectivity index (χ2n) is 4.37. The second-order valence-corrected chi connectivity index (χ2v) is 6.05. The fraction of sp³-hybridized carbons (Fsp3) is 0.0769. The van der Waals surface area contributed by atoms with E-state index in [0.717, 1.165) is 0 Å². The number of nitrogens with zero attached hydrogens (tertiary/aromatic N) is 1. The van der Waals surface area contributed by atoms with Crippen LogP contribution in [-0.4, -0.2) is 25.5 Å². The van der Waals surface area contributed by atoms with Gasteiger partial charge >= 0.3 is 5.76 Å². The first-order chi connectivity index (χ1) is 10.5. The van der Waals surface area contributed by atoms with Crippen LogP contribution in [0.5, 0.6) is 5.88 Å². The van der Waals surface area contributed by atoms with E-state index in [1.54, 1.807) is 0 Å². The zero-order valence-electron chi connectivity index (χ0n) is 11.4. The number of nitrogens with one attached hydrogen (secondary N) is 2. The third-order valence-corrected chi connectivity index (χ3v) is 4.28. The number of methoxy groups -OCH3 is 1. The third kappa shape index (κ3) is 2.66. The standard InChI is InChI=1S/C13H11N3O5S/c1-20-12-5-2-8(7-14-12)16-22(18,19)9-3-4-11-10(6-9)15-13(17)21-11/h2-7,16H,1H3,(H,15,17). The lowest BCUT2D eigenvalue weighted by Crippen LogP contribution is -2.13. The molecular formula is C13H11N3O5S. The molecule has 8 nitrogen and oxygen atoms in total. The maximum Gasteiger partial charge on any atom is 0.417 e. The average molecular weight is 321 g/mol. The lowest BCUT2D eigenvalue weighted by Gasteiger charge is -2.08. The zero-order chi connectivity index (χ0) is 15.7. The molecule has 0 fully saturated rings. The molecule has 2 heterocycles. The van der Waals surface area contributed by atoms with E-state index < -0.39 is 15.8 Å². The van der Waals surface area contributed by atoms with Gasteiger partial charge in [-0.25, -0.2) is 18.2 Å². The number of aromatic amines is 1. The number of aromatic nitrogens is 2. The van der Waals surface area contributed by atoms with Crippen LogP contribution in [0.1, 0.15) is 0 Å². The summed E-state index contributed by atoms with van der Waals surface area (Å²) >= 11 is 0. The monoisotopic (exact) mass is 321 g/mol. The van der Waals surface area contributed by atoms with E-state index in [1.165, 1.54) is 43.6 Å². The number of benzene rings is 1. The van der Waals surface area contributed by atoms with Crippen molar-refractivity contribution in [1.29, 1.82) is 0 Å². The minimum Gasteiger partial charge on any atom is -0.481 e. The number of rotatable bonds is 4. The largest absolute Gasteiger partial charge is 0.481 e. The molecule has 9 heteroatoms. The molecule has 0 saturated carbocycles. The zero-order valence-corrected chi connectivity index (χ0v) is 12.2. The summed E-state index contributed by atoms with van der Waals surface area (Å²) in [5, 5.41) is 0. The predicted molar refractivity (Wildman–Crippen MR) is 78.4 cm³/mol. The molecule has 0 saturated heterocycles. The number of pyridine rings is 1. The van der Waals surface area contributed by atoms with Crippen LogP contribution in [-0.2, 0) is 10.0 Å². The summed E-state index contributed by atoms with van der Waals surface area (Å²) in [6, 6.07) is 7.14. The molecule has 2 N–H and O–H groups in total. The number of hydrogen-bond acceptors (Lipinski definition) is 6. The highest BCUT2D eigenvalue weighted by atomic mass is 32.2. The van der Waals surface area contributed by atoms with Gasteiger partial charge in [0, 0.05) is 6.07 Å². The molecule has 0 amide bonds. The van der Waals surface area contributed by atoms with Crippen LogP contribution >= 0.6 is 0 Å². The maximum atomic E-state index is 12.3. The van der Waals surface area contributed by atoms with Crippen molar-refractivity contribution >= 4 is 26.8 Å². The number of H-pyrrole nitrogens is 1. The van der Waals surface area contributed by atoms with Gasteiger partial charge in [-0.05, 0) is 24.3 Å². The van der Waals surface area contributed by atoms with E-state index in [0.29, 0.717) is 17.1 Å². The highest BCUT2D eigenvalue weighted by Gasteiger charge is 2.16. The Morgan fingerprint density at radius 2 is 2.09 bits per heavy atom. The van der Waals surface area contributed by atoms with Crippen molar-refractivity contribution in [3.05, 3.63) is 47.1 Å². The topological polar surface area (TPSA) is 114 Å². The molecule has 0 bridgehead atoms. The van der Waals surface area contributed by atoms with Gasteiger partial charge in [-0.1, -0.05) is 0 Å². The van der Waals surface area contributed by atoms with Gasteiger partial charge in [-0.3, -0.25) is 9.71 Å². The fourth-order valence-corrected chi connectivity index (χ4v) is 2.94. The molecule has 1 aromatic carbocycles. The smallest absolute Gasteiger partial charge is 0.417 e. The van der Waals surface area contributed by atoms with Gasteiger partial charge in [0.2, 0.25) is 5.88 Å². The van der Waals surface area contributed by atoms with Crippen LogP contribution in [0.2, 0.25) is 0 Å². The Balaban J connectivity index is 1.94. The van der Waals surface area contributed by atoms with E-state index in [2.05, 4.69) is 14.7 Å². The fourth-order valence-electron chi connectivity index (χ4n) is 1.87. The number of hydrogen-bond donors (Lipinski definition) is 2. The van der Waals surface area contributed by atoms with Crippen molar-refractivity contribution in [3.8, 4) is 5.88 Å². The predicted octanol–water partition coefficient (Wildman–Crippen LogP) is 1.33. The summed E-state index contributed by atoms with van der Waals surface area (Å²) in [5.41, 5.74) is 0.886. The van der Waals surface area contributed by atoms with Crippen molar-refractivity contribution in [2.24, 2.45) is 0 Å². The summed E-state index contributed by atoms with van der Waals surface area (Å²) in [6.07, 6.45) is 1.34. The third-order valence-electron chi connectivity index (χ3n) is 2.90. The van der Waals surface area contributed by atoms with Gasteiger partial charge in [0.25, 0.3) is 10.0 Å². The number of sulfonamides is 1. The Hall–Kier alpha value is -2.81. The number of ether oxygens (including phenoxy) is 1. The van der Waals surface area contributed by atoms with Gasteiger partial charge in [0.15, 0.2) is 5.58 Å². The van der Waals surface area contributed by atoms with Crippen molar-refractivity contribution in [2.75, 3.05) is 11.8 Å². The summed E-state index contributed by atoms with van der Waals surface area (Å²) in [5.74, 6) is -0.266. The summed E-state index contributed by atoms with van der Waals surface area (Å²) in [4.78, 5) is 17.4. The molecule has 2 aromatic heterocycles. The summed E-state index contributed by atoms with van der Waals surface area (Å²) in [7, 11) is -2.34. The summed E-state index contributed by atoms with van der Waals surface area (Å²) in [6.45, 7) is 0. The second kappa shape index (κ2) is 5.19. The quantitative estimate of drug-likeness (QED) is 0.749. The highest BCUT2D eigenvalue weighted by molar-refractivity contribution is 7.92. The van der Waals surface area contributed by atoms with E-state index in [1.807, 2.05) is 0 Å². The van der Waals surface area contributed by atoms with Gasteiger partial charge < -0.3 is 9.15 Å². The lowest BCUT2D eigenvalue weighted by atomic mass is 10.3. The Labute approximate surface area is 124 Å². The molecule has 22 heavy (non-hydrogen) atoms. The molecule has 0 atom stereocenters. The maximum absolute atomic E-state index is 12.3. The van der Waals surface area contributed by atoms with E-state index >= 15 is 0 Å². The lowest BCUT2D eigenvalue weighted by molar-refractivity contribution is 0.398. The first kappa shape index (κ1) is 14.1. The number of anilines is 1. The highest BCUT2D eigenvalue weighted by Crippen LogP contribution is 2.20. The van der Waals surface area contributed by atoms with Crippen LogP contribution in [0.3, 0.4) is 0 Å². The van der Waals surface area contributed by atoms with Crippen LogP contribution in [0, 0.1) is 0 Å². The van der Waals surface area contributed by atoms with Crippen molar-refractivity contribution in [2.45, 2.75) is 4.90 Å². The van der Waals surface area contributed by atoms with Gasteiger partial charge in [-0.2, -0.15) is 0 Å². The first-order valence-corrected chi connectivity index (χ1v) is 7.62. The Morgan fingerprint density at radius 1 is 1.27 bits per heavy atom. The summed E-state index contributed by atoms with van der Waals surface area (Å²) < 4.78 is 36.7. The molecule has 3 rings (SSSR count). The van der Waals surface area contributed by atoms with Crippen LogP contribution in [0.4, 0.5) is 5.69 Å². The molecule has 0 aliphatic heterocycles. The van der Waals surface area contributed by atoms with Crippen LogP contribution < -0.4 is 15.2 Å². The normalized spacial score (nSPS) is 11.5. The van der Waals surface area contributed by atoms with Crippen LogP contribution in [0.25, 0.3) is 11.1 Å². The molecular weight excluding hydrogens is 310 g/mol. The first-order valence-electron chi connectivity index (χ1n) is 6.14. The number of oxazole rings is 1. The minimum absolute atomic E-state index is 0.00660. The average Bonchev–Trinajstić information content (AvgIpc) is 2.86. The van der Waals surface area contributed by atoms with E-state index in [9.17, 15) is 13.2 Å². The molecule has 0 radical (unpaired) electrons. The van der Waals surface area contributed by atoms with Gasteiger partial charge in [0.05, 0.1) is 29.4 Å². The molecule has 0 unspecified atom stereocenters. The SMILES string of the molecule is COc1ccc(NS(=O)(=O)c2ccc3oc(=O)[nH]c3c2)cn1. The molecule has 0 spiro atoms. The Kier molecular flexibility index (Phi) is 3.33. The Morgan fingerprint density at radius 3 is 2.77 bits per heavy atom. The molecule has 0 aliphatic rings. The molecule has 0 aliphatic carbocycles. The van der Waals surface area contributed by atoms with Gasteiger partial charge in [0.1, 0.15) is 0 Å². The van der Waals surface area contributed by atoms with Crippen molar-refractivity contribution < 1.29 is 17.6 Å². The minimum atomic E-state index is -3.81. The van der Waals surface area contributed by atoms with E-state index in [-0.39, 0.29) is 10.5 Å². The van der Waals surface area contributed by atoms with E-state index in [4.69, 9.17) is 9.15 Å². The Bertz CT molecular complexity index is 973.